The number of hydrogen-bond acceptors (Lipinski definition) is 4. The van der Waals surface area contributed by atoms with Crippen LogP contribution in [0.15, 0.2) is 35.7 Å². The molecule has 0 bridgehead atoms. The van der Waals surface area contributed by atoms with Crippen molar-refractivity contribution in [1.29, 1.82) is 0 Å². The fourth-order valence-electron chi connectivity index (χ4n) is 2.08. The molecule has 2 N–H and O–H groups in total. The van der Waals surface area contributed by atoms with Crippen LogP contribution in [-0.4, -0.2) is 24.1 Å². The molecule has 1 amide bonds. The summed E-state index contributed by atoms with van der Waals surface area (Å²) in [5.41, 5.74) is 0.141. The number of rotatable bonds is 6. The SMILES string of the molecule is COc1ccc(C(NC(=O)C(C)c2cccs2)C(=O)O)cc1F. The lowest BCUT2D eigenvalue weighted by molar-refractivity contribution is -0.142. The first-order chi connectivity index (χ1) is 10.9. The molecular weight excluding hydrogens is 321 g/mol. The highest BCUT2D eigenvalue weighted by atomic mass is 32.1. The first kappa shape index (κ1) is 17.0. The Morgan fingerprint density at radius 3 is 2.61 bits per heavy atom. The number of carbonyl (C=O) groups is 2. The molecule has 23 heavy (non-hydrogen) atoms. The maximum absolute atomic E-state index is 13.8. The van der Waals surface area contributed by atoms with Crippen LogP contribution in [0.5, 0.6) is 5.75 Å². The standard InChI is InChI=1S/C16H16FNO4S/c1-9(13-4-3-7-23-13)15(19)18-14(16(20)21)10-5-6-12(22-2)11(17)8-10/h3-9,14H,1-2H3,(H,18,19)(H,20,21). The molecule has 0 spiro atoms. The minimum atomic E-state index is -1.33. The van der Waals surface area contributed by atoms with Crippen LogP contribution >= 0.6 is 11.3 Å². The molecule has 5 nitrogen and oxygen atoms in total. The van der Waals surface area contributed by atoms with Crippen molar-refractivity contribution in [3.8, 4) is 5.75 Å². The minimum absolute atomic E-state index is 0.0103. The number of halogens is 1. The quantitative estimate of drug-likeness (QED) is 0.850. The van der Waals surface area contributed by atoms with Crippen molar-refractivity contribution in [3.63, 3.8) is 0 Å². The Hall–Kier alpha value is -2.41. The van der Waals surface area contributed by atoms with Gasteiger partial charge in [0.25, 0.3) is 0 Å². The maximum Gasteiger partial charge on any atom is 0.330 e. The molecule has 1 heterocycles. The van der Waals surface area contributed by atoms with E-state index in [4.69, 9.17) is 4.74 Å². The van der Waals surface area contributed by atoms with Crippen LogP contribution in [0.2, 0.25) is 0 Å². The van der Waals surface area contributed by atoms with Gasteiger partial charge in [0, 0.05) is 4.88 Å². The molecule has 2 atom stereocenters. The van der Waals surface area contributed by atoms with E-state index in [1.807, 2.05) is 11.4 Å². The minimum Gasteiger partial charge on any atom is -0.494 e. The zero-order valence-electron chi connectivity index (χ0n) is 12.6. The summed E-state index contributed by atoms with van der Waals surface area (Å²) in [5.74, 6) is -2.86. The van der Waals surface area contributed by atoms with Gasteiger partial charge in [0.05, 0.1) is 13.0 Å². The van der Waals surface area contributed by atoms with E-state index < -0.39 is 29.7 Å². The molecule has 0 fully saturated rings. The fourth-order valence-corrected chi connectivity index (χ4v) is 2.87. The van der Waals surface area contributed by atoms with Gasteiger partial charge in [-0.2, -0.15) is 0 Å². The number of carbonyl (C=O) groups excluding carboxylic acids is 1. The summed E-state index contributed by atoms with van der Waals surface area (Å²) in [6.45, 7) is 1.69. The van der Waals surface area contributed by atoms with E-state index in [1.165, 1.54) is 30.6 Å². The number of aliphatic carboxylic acids is 1. The maximum atomic E-state index is 13.8. The number of benzene rings is 1. The number of hydrogen-bond donors (Lipinski definition) is 2. The van der Waals surface area contributed by atoms with Crippen molar-refractivity contribution in [1.82, 2.24) is 5.32 Å². The van der Waals surface area contributed by atoms with Crippen LogP contribution in [0.25, 0.3) is 0 Å². The topological polar surface area (TPSA) is 75.6 Å². The second kappa shape index (κ2) is 7.23. The molecule has 0 saturated carbocycles. The highest BCUT2D eigenvalue weighted by Gasteiger charge is 2.26. The van der Waals surface area contributed by atoms with Gasteiger partial charge in [-0.05, 0) is 36.1 Å². The fraction of sp³-hybridized carbons (Fsp3) is 0.250. The molecule has 2 unspecified atom stereocenters. The van der Waals surface area contributed by atoms with Gasteiger partial charge >= 0.3 is 5.97 Å². The van der Waals surface area contributed by atoms with Crippen molar-refractivity contribution in [2.24, 2.45) is 0 Å². The molecule has 2 aromatic rings. The van der Waals surface area contributed by atoms with Crippen molar-refractivity contribution < 1.29 is 23.8 Å². The number of carboxylic acid groups (broad SMARTS) is 1. The summed E-state index contributed by atoms with van der Waals surface area (Å²) >= 11 is 1.41. The first-order valence-electron chi connectivity index (χ1n) is 6.84. The van der Waals surface area contributed by atoms with Crippen molar-refractivity contribution in [2.75, 3.05) is 7.11 Å². The van der Waals surface area contributed by atoms with E-state index in [9.17, 15) is 19.1 Å². The molecule has 0 aliphatic carbocycles. The number of nitrogens with one attached hydrogen (secondary N) is 1. The molecule has 1 aromatic heterocycles. The molecule has 0 aliphatic heterocycles. The third-order valence-electron chi connectivity index (χ3n) is 3.41. The molecule has 0 radical (unpaired) electrons. The number of carboxylic acids is 1. The van der Waals surface area contributed by atoms with Crippen molar-refractivity contribution in [3.05, 3.63) is 52.0 Å². The lowest BCUT2D eigenvalue weighted by atomic mass is 10.0. The number of ether oxygens (including phenoxy) is 1. The van der Waals surface area contributed by atoms with E-state index in [0.717, 1.165) is 10.9 Å². The van der Waals surface area contributed by atoms with E-state index >= 15 is 0 Å². The van der Waals surface area contributed by atoms with E-state index in [2.05, 4.69) is 5.32 Å². The van der Waals surface area contributed by atoms with Crippen LogP contribution in [-0.2, 0) is 9.59 Å². The average molecular weight is 337 g/mol. The molecule has 7 heteroatoms. The summed E-state index contributed by atoms with van der Waals surface area (Å²) in [6, 6.07) is 6.08. The van der Waals surface area contributed by atoms with Crippen LogP contribution in [0.3, 0.4) is 0 Å². The number of methoxy groups -OCH3 is 1. The normalized spacial score (nSPS) is 13.2. The predicted molar refractivity (Wildman–Crippen MR) is 84.2 cm³/mol. The number of amides is 1. The third kappa shape index (κ3) is 3.87. The molecule has 122 valence electrons. The van der Waals surface area contributed by atoms with Crippen molar-refractivity contribution >= 4 is 23.2 Å². The third-order valence-corrected chi connectivity index (χ3v) is 4.46. The monoisotopic (exact) mass is 337 g/mol. The van der Waals surface area contributed by atoms with Crippen LogP contribution < -0.4 is 10.1 Å². The zero-order valence-corrected chi connectivity index (χ0v) is 13.4. The van der Waals surface area contributed by atoms with E-state index in [0.29, 0.717) is 0 Å². The Bertz CT molecular complexity index is 702. The van der Waals surface area contributed by atoms with Gasteiger partial charge in [-0.15, -0.1) is 11.3 Å². The van der Waals surface area contributed by atoms with Crippen LogP contribution in [0, 0.1) is 5.82 Å². The Balaban J connectivity index is 2.20. The molecular formula is C16H16FNO4S. The summed E-state index contributed by atoms with van der Waals surface area (Å²) in [7, 11) is 1.32. The van der Waals surface area contributed by atoms with Gasteiger partial charge in [-0.1, -0.05) is 12.1 Å². The van der Waals surface area contributed by atoms with Gasteiger partial charge in [-0.3, -0.25) is 4.79 Å². The smallest absolute Gasteiger partial charge is 0.330 e. The zero-order chi connectivity index (χ0) is 17.0. The predicted octanol–water partition coefficient (Wildman–Crippen LogP) is 2.94. The largest absolute Gasteiger partial charge is 0.494 e. The van der Waals surface area contributed by atoms with E-state index in [-0.39, 0.29) is 11.3 Å². The van der Waals surface area contributed by atoms with Gasteiger partial charge in [-0.25, -0.2) is 9.18 Å². The summed E-state index contributed by atoms with van der Waals surface area (Å²) in [5, 5.41) is 13.6. The Kier molecular flexibility index (Phi) is 5.33. The molecule has 1 aromatic carbocycles. The molecule has 0 saturated heterocycles. The lowest BCUT2D eigenvalue weighted by Crippen LogP contribution is -2.36. The molecule has 2 rings (SSSR count). The second-order valence-electron chi connectivity index (χ2n) is 4.91. The number of thiophene rings is 1. The Labute approximate surface area is 136 Å². The van der Waals surface area contributed by atoms with Gasteiger partial charge < -0.3 is 15.2 Å². The highest BCUT2D eigenvalue weighted by molar-refractivity contribution is 7.10. The van der Waals surface area contributed by atoms with Crippen LogP contribution in [0.4, 0.5) is 4.39 Å². The average Bonchev–Trinajstić information content (AvgIpc) is 3.05. The summed E-state index contributed by atoms with van der Waals surface area (Å²) in [4.78, 5) is 24.5. The van der Waals surface area contributed by atoms with Gasteiger partial charge in [0.2, 0.25) is 5.91 Å². The Morgan fingerprint density at radius 2 is 2.09 bits per heavy atom. The van der Waals surface area contributed by atoms with E-state index in [1.54, 1.807) is 13.0 Å². The van der Waals surface area contributed by atoms with Crippen molar-refractivity contribution in [2.45, 2.75) is 18.9 Å². The van der Waals surface area contributed by atoms with Gasteiger partial charge in [0.15, 0.2) is 17.6 Å². The highest BCUT2D eigenvalue weighted by Crippen LogP contribution is 2.25. The second-order valence-corrected chi connectivity index (χ2v) is 5.89. The summed E-state index contributed by atoms with van der Waals surface area (Å²) < 4.78 is 18.6. The van der Waals surface area contributed by atoms with Gasteiger partial charge in [0.1, 0.15) is 0 Å². The first-order valence-corrected chi connectivity index (χ1v) is 7.72. The van der Waals surface area contributed by atoms with Crippen LogP contribution in [0.1, 0.15) is 29.3 Å². The summed E-state index contributed by atoms with van der Waals surface area (Å²) in [6.07, 6.45) is 0. The Morgan fingerprint density at radius 1 is 1.35 bits per heavy atom. The lowest BCUT2D eigenvalue weighted by Gasteiger charge is -2.18. The molecule has 0 aliphatic rings.